The summed E-state index contributed by atoms with van der Waals surface area (Å²) < 4.78 is 8.02. The molecule has 3 nitrogen and oxygen atoms in total. The van der Waals surface area contributed by atoms with E-state index >= 15 is 0 Å². The van der Waals surface area contributed by atoms with Crippen molar-refractivity contribution in [2.45, 2.75) is 20.4 Å². The first-order chi connectivity index (χ1) is 10.0. The van der Waals surface area contributed by atoms with Gasteiger partial charge < -0.3 is 10.1 Å². The van der Waals surface area contributed by atoms with E-state index in [1.54, 1.807) is 6.20 Å². The van der Waals surface area contributed by atoms with E-state index in [-0.39, 0.29) is 0 Å². The summed E-state index contributed by atoms with van der Waals surface area (Å²) in [6, 6.07) is 10.00. The number of ether oxygens (including phenoxy) is 1. The quantitative estimate of drug-likeness (QED) is 0.617. The molecule has 1 heterocycles. The summed E-state index contributed by atoms with van der Waals surface area (Å²) >= 11 is 5.74. The van der Waals surface area contributed by atoms with Crippen LogP contribution in [0.5, 0.6) is 11.6 Å². The Labute approximate surface area is 147 Å². The molecule has 0 aliphatic carbocycles. The highest BCUT2D eigenvalue weighted by molar-refractivity contribution is 14.1. The molecule has 0 saturated heterocycles. The number of hydrogen-bond donors (Lipinski definition) is 1. The molecule has 0 radical (unpaired) electrons. The minimum atomic E-state index is 0.616. The van der Waals surface area contributed by atoms with E-state index in [1.807, 2.05) is 30.3 Å². The lowest BCUT2D eigenvalue weighted by atomic mass is 10.2. The monoisotopic (exact) mass is 460 g/mol. The summed E-state index contributed by atoms with van der Waals surface area (Å²) in [5, 5.41) is 3.42. The second-order valence-corrected chi connectivity index (χ2v) is 7.36. The van der Waals surface area contributed by atoms with Crippen molar-refractivity contribution in [3.05, 3.63) is 50.1 Å². The fourth-order valence-electron chi connectivity index (χ4n) is 1.82. The van der Waals surface area contributed by atoms with E-state index in [1.165, 1.54) is 0 Å². The number of hydrogen-bond acceptors (Lipinski definition) is 3. The molecule has 0 saturated carbocycles. The maximum absolute atomic E-state index is 5.93. The second-order valence-electron chi connectivity index (χ2n) is 5.20. The highest BCUT2D eigenvalue weighted by Crippen LogP contribution is 2.26. The van der Waals surface area contributed by atoms with Crippen LogP contribution in [0.25, 0.3) is 0 Å². The average Bonchev–Trinajstić information content (AvgIpc) is 2.41. The first kappa shape index (κ1) is 16.7. The first-order valence-corrected chi connectivity index (χ1v) is 8.70. The van der Waals surface area contributed by atoms with Gasteiger partial charge in [-0.05, 0) is 75.2 Å². The second kappa shape index (κ2) is 8.10. The third kappa shape index (κ3) is 5.56. The van der Waals surface area contributed by atoms with Crippen LogP contribution in [-0.4, -0.2) is 11.5 Å². The molecule has 2 rings (SSSR count). The van der Waals surface area contributed by atoms with E-state index in [4.69, 9.17) is 4.74 Å². The lowest BCUT2D eigenvalue weighted by molar-refractivity contribution is 0.449. The van der Waals surface area contributed by atoms with Crippen molar-refractivity contribution >= 4 is 38.5 Å². The normalized spacial score (nSPS) is 10.9. The topological polar surface area (TPSA) is 34.2 Å². The Hall–Kier alpha value is -0.660. The van der Waals surface area contributed by atoms with Gasteiger partial charge in [-0.15, -0.1) is 0 Å². The van der Waals surface area contributed by atoms with Crippen molar-refractivity contribution in [1.29, 1.82) is 0 Å². The van der Waals surface area contributed by atoms with Crippen molar-refractivity contribution in [3.63, 3.8) is 0 Å². The number of nitrogens with one attached hydrogen (secondary N) is 1. The Balaban J connectivity index is 2.14. The van der Waals surface area contributed by atoms with Crippen molar-refractivity contribution in [1.82, 2.24) is 10.3 Å². The van der Waals surface area contributed by atoms with Crippen LogP contribution in [0.1, 0.15) is 19.4 Å². The molecule has 0 aliphatic heterocycles. The highest BCUT2D eigenvalue weighted by atomic mass is 127. The van der Waals surface area contributed by atoms with Gasteiger partial charge in [-0.1, -0.05) is 19.9 Å². The Morgan fingerprint density at radius 3 is 2.86 bits per heavy atom. The van der Waals surface area contributed by atoms with Crippen LogP contribution in [0.15, 0.2) is 41.0 Å². The van der Waals surface area contributed by atoms with Gasteiger partial charge >= 0.3 is 0 Å². The summed E-state index contributed by atoms with van der Waals surface area (Å²) in [5.74, 6) is 2.07. The van der Waals surface area contributed by atoms with Crippen LogP contribution in [0.4, 0.5) is 0 Å². The fraction of sp³-hybridized carbons (Fsp3) is 0.312. The number of nitrogens with zero attached hydrogens (tertiary/aromatic N) is 1. The fourth-order valence-corrected chi connectivity index (χ4v) is 2.72. The van der Waals surface area contributed by atoms with Crippen LogP contribution in [-0.2, 0) is 6.54 Å². The van der Waals surface area contributed by atoms with Crippen molar-refractivity contribution in [3.8, 4) is 11.6 Å². The molecule has 0 atom stereocenters. The van der Waals surface area contributed by atoms with Gasteiger partial charge in [0.05, 0.1) is 0 Å². The molecule has 112 valence electrons. The molecule has 0 spiro atoms. The van der Waals surface area contributed by atoms with Gasteiger partial charge in [0.1, 0.15) is 5.75 Å². The third-order valence-corrected chi connectivity index (χ3v) is 3.88. The zero-order valence-electron chi connectivity index (χ0n) is 12.1. The van der Waals surface area contributed by atoms with E-state index < -0.39 is 0 Å². The number of pyridine rings is 1. The van der Waals surface area contributed by atoms with Crippen molar-refractivity contribution in [2.75, 3.05) is 6.54 Å². The number of rotatable bonds is 6. The van der Waals surface area contributed by atoms with E-state index in [0.717, 1.165) is 32.4 Å². The average molecular weight is 461 g/mol. The molecule has 0 amide bonds. The van der Waals surface area contributed by atoms with E-state index in [9.17, 15) is 0 Å². The minimum absolute atomic E-state index is 0.616. The summed E-state index contributed by atoms with van der Waals surface area (Å²) in [5.41, 5.74) is 1.05. The third-order valence-electron chi connectivity index (χ3n) is 2.77. The summed E-state index contributed by atoms with van der Waals surface area (Å²) in [6.45, 7) is 6.09. The van der Waals surface area contributed by atoms with Crippen LogP contribution >= 0.6 is 38.5 Å². The molecule has 1 N–H and O–H groups in total. The van der Waals surface area contributed by atoms with Crippen LogP contribution in [0.3, 0.4) is 0 Å². The van der Waals surface area contributed by atoms with Crippen LogP contribution in [0, 0.1) is 9.49 Å². The van der Waals surface area contributed by atoms with E-state index in [2.05, 4.69) is 62.7 Å². The number of aromatic nitrogens is 1. The summed E-state index contributed by atoms with van der Waals surface area (Å²) in [7, 11) is 0. The van der Waals surface area contributed by atoms with E-state index in [0.29, 0.717) is 11.8 Å². The smallest absolute Gasteiger partial charge is 0.223 e. The molecular formula is C16H18BrIN2O. The molecule has 2 aromatic rings. The standard InChI is InChI=1S/C16H18BrIN2O/c1-11(2)8-19-9-12-6-13(17)10-20-16(12)21-15-5-3-4-14(18)7-15/h3-7,10-11,19H,8-9H2,1-2H3. The molecule has 21 heavy (non-hydrogen) atoms. The lowest BCUT2D eigenvalue weighted by Gasteiger charge is -2.12. The van der Waals surface area contributed by atoms with Gasteiger partial charge in [0.2, 0.25) is 5.88 Å². The maximum Gasteiger partial charge on any atom is 0.223 e. The first-order valence-electron chi connectivity index (χ1n) is 6.83. The van der Waals surface area contributed by atoms with Crippen molar-refractivity contribution < 1.29 is 4.74 Å². The summed E-state index contributed by atoms with van der Waals surface area (Å²) in [6.07, 6.45) is 1.76. The number of benzene rings is 1. The van der Waals surface area contributed by atoms with Gasteiger partial charge in [-0.25, -0.2) is 4.98 Å². The van der Waals surface area contributed by atoms with Gasteiger partial charge in [-0.3, -0.25) is 0 Å². The van der Waals surface area contributed by atoms with Gasteiger partial charge in [0.15, 0.2) is 0 Å². The number of halogens is 2. The molecule has 0 fully saturated rings. The minimum Gasteiger partial charge on any atom is -0.439 e. The molecule has 0 aliphatic rings. The zero-order chi connectivity index (χ0) is 15.2. The highest BCUT2D eigenvalue weighted by Gasteiger charge is 2.08. The Kier molecular flexibility index (Phi) is 6.44. The Morgan fingerprint density at radius 2 is 2.14 bits per heavy atom. The predicted molar refractivity (Wildman–Crippen MR) is 97.7 cm³/mol. The summed E-state index contributed by atoms with van der Waals surface area (Å²) in [4.78, 5) is 4.39. The van der Waals surface area contributed by atoms with Crippen LogP contribution in [0.2, 0.25) is 0 Å². The molecule has 1 aromatic carbocycles. The Bertz CT molecular complexity index is 605. The molecule has 1 aromatic heterocycles. The largest absolute Gasteiger partial charge is 0.439 e. The van der Waals surface area contributed by atoms with Gasteiger partial charge in [-0.2, -0.15) is 0 Å². The van der Waals surface area contributed by atoms with Crippen molar-refractivity contribution in [2.24, 2.45) is 5.92 Å². The van der Waals surface area contributed by atoms with Gasteiger partial charge in [0, 0.05) is 26.3 Å². The Morgan fingerprint density at radius 1 is 1.33 bits per heavy atom. The molecule has 0 unspecified atom stereocenters. The predicted octanol–water partition coefficient (Wildman–Crippen LogP) is 4.99. The maximum atomic E-state index is 5.93. The van der Waals surface area contributed by atoms with Crippen LogP contribution < -0.4 is 10.1 Å². The molecule has 5 heteroatoms. The zero-order valence-corrected chi connectivity index (χ0v) is 15.8. The SMILES string of the molecule is CC(C)CNCc1cc(Br)cnc1Oc1cccc(I)c1. The molecule has 0 bridgehead atoms. The lowest BCUT2D eigenvalue weighted by Crippen LogP contribution is -2.19. The van der Waals surface area contributed by atoms with Gasteiger partial charge in [0.25, 0.3) is 0 Å². The molecular weight excluding hydrogens is 443 g/mol.